The first-order valence-corrected chi connectivity index (χ1v) is 4.60. The molecule has 0 bridgehead atoms. The molecule has 0 saturated heterocycles. The molecule has 0 radical (unpaired) electrons. The third-order valence-corrected chi connectivity index (χ3v) is 2.20. The Labute approximate surface area is 78.4 Å². The second-order valence-electron chi connectivity index (χ2n) is 3.56. The lowest BCUT2D eigenvalue weighted by atomic mass is 9.94. The summed E-state index contributed by atoms with van der Waals surface area (Å²) >= 11 is 0. The van der Waals surface area contributed by atoms with Crippen LogP contribution in [0.1, 0.15) is 31.9 Å². The molecule has 74 valence electrons. The van der Waals surface area contributed by atoms with E-state index in [4.69, 9.17) is 0 Å². The van der Waals surface area contributed by atoms with E-state index in [1.165, 1.54) is 0 Å². The van der Waals surface area contributed by atoms with E-state index in [-0.39, 0.29) is 12.0 Å². The molecule has 3 N–H and O–H groups in total. The van der Waals surface area contributed by atoms with Crippen molar-refractivity contribution in [1.29, 1.82) is 0 Å². The summed E-state index contributed by atoms with van der Waals surface area (Å²) in [6.45, 7) is 3.48. The van der Waals surface area contributed by atoms with Crippen LogP contribution in [-0.2, 0) is 0 Å². The molecule has 0 fully saturated rings. The van der Waals surface area contributed by atoms with Crippen LogP contribution in [0.4, 0.5) is 0 Å². The lowest BCUT2D eigenvalue weighted by Crippen LogP contribution is -2.19. The maximum Gasteiger partial charge on any atom is 0.0595 e. The molecule has 3 unspecified atom stereocenters. The second kappa shape index (κ2) is 4.44. The second-order valence-corrected chi connectivity index (χ2v) is 3.56. The highest BCUT2D eigenvalue weighted by molar-refractivity contribution is 5.11. The largest absolute Gasteiger partial charge is 0.393 e. The number of aromatic nitrogens is 1. The first-order valence-electron chi connectivity index (χ1n) is 4.60. The Morgan fingerprint density at radius 3 is 2.46 bits per heavy atom. The van der Waals surface area contributed by atoms with Crippen molar-refractivity contribution >= 4 is 0 Å². The predicted octanol–water partition coefficient (Wildman–Crippen LogP) is 1.25. The number of rotatable bonds is 4. The molecule has 0 aliphatic carbocycles. The fraction of sp³-hybridized carbons (Fsp3) is 0.600. The molecule has 1 aromatic rings. The normalized spacial score (nSPS) is 18.2. The van der Waals surface area contributed by atoms with Crippen LogP contribution in [0.15, 0.2) is 18.3 Å². The molecule has 0 aliphatic rings. The first-order chi connectivity index (χ1) is 6.11. The topological polar surface area (TPSA) is 56.2 Å². The Bertz CT molecular complexity index is 229. The van der Waals surface area contributed by atoms with Crippen molar-refractivity contribution < 1.29 is 10.2 Å². The van der Waals surface area contributed by atoms with Gasteiger partial charge in [0.2, 0.25) is 0 Å². The van der Waals surface area contributed by atoms with Crippen molar-refractivity contribution in [2.24, 2.45) is 0 Å². The number of aliphatic hydroxyl groups is 2. The highest BCUT2D eigenvalue weighted by Gasteiger charge is 2.19. The van der Waals surface area contributed by atoms with Crippen molar-refractivity contribution in [2.75, 3.05) is 0 Å². The highest BCUT2D eigenvalue weighted by atomic mass is 16.3. The summed E-state index contributed by atoms with van der Waals surface area (Å²) in [5.41, 5.74) is 0.982. The fourth-order valence-electron chi connectivity index (χ4n) is 1.53. The van der Waals surface area contributed by atoms with Crippen LogP contribution in [0.3, 0.4) is 0 Å². The van der Waals surface area contributed by atoms with Gasteiger partial charge >= 0.3 is 0 Å². The summed E-state index contributed by atoms with van der Waals surface area (Å²) in [7, 11) is 0. The van der Waals surface area contributed by atoms with Gasteiger partial charge in [0.25, 0.3) is 0 Å². The summed E-state index contributed by atoms with van der Waals surface area (Å²) in [5.74, 6) is -0.00463. The minimum atomic E-state index is -0.437. The molecule has 0 aliphatic heterocycles. The zero-order valence-corrected chi connectivity index (χ0v) is 8.07. The molecule has 3 nitrogen and oxygen atoms in total. The van der Waals surface area contributed by atoms with Gasteiger partial charge in [0.05, 0.1) is 12.2 Å². The van der Waals surface area contributed by atoms with Gasteiger partial charge in [-0.25, -0.2) is 0 Å². The zero-order chi connectivity index (χ0) is 9.84. The average Bonchev–Trinajstić information content (AvgIpc) is 2.50. The molecule has 0 spiro atoms. The maximum atomic E-state index is 9.50. The highest BCUT2D eigenvalue weighted by Crippen LogP contribution is 2.23. The molecule has 13 heavy (non-hydrogen) atoms. The van der Waals surface area contributed by atoms with Gasteiger partial charge in [0.15, 0.2) is 0 Å². The Hall–Kier alpha value is -0.800. The van der Waals surface area contributed by atoms with Crippen LogP contribution in [0.5, 0.6) is 0 Å². The van der Waals surface area contributed by atoms with Gasteiger partial charge in [-0.2, -0.15) is 0 Å². The lowest BCUT2D eigenvalue weighted by Gasteiger charge is -2.20. The summed E-state index contributed by atoms with van der Waals surface area (Å²) in [5, 5.41) is 18.7. The fourth-order valence-corrected chi connectivity index (χ4v) is 1.53. The number of aliphatic hydroxyl groups excluding tert-OH is 2. The number of nitrogens with one attached hydrogen (secondary N) is 1. The van der Waals surface area contributed by atoms with E-state index in [2.05, 4.69) is 4.98 Å². The van der Waals surface area contributed by atoms with Crippen molar-refractivity contribution in [2.45, 2.75) is 38.4 Å². The summed E-state index contributed by atoms with van der Waals surface area (Å²) < 4.78 is 0. The molecule has 3 heteroatoms. The van der Waals surface area contributed by atoms with Gasteiger partial charge in [-0.15, -0.1) is 0 Å². The van der Waals surface area contributed by atoms with E-state index in [1.54, 1.807) is 13.8 Å². The van der Waals surface area contributed by atoms with E-state index in [0.717, 1.165) is 5.69 Å². The number of aromatic amines is 1. The Morgan fingerprint density at radius 2 is 2.08 bits per heavy atom. The number of hydrogen-bond donors (Lipinski definition) is 3. The van der Waals surface area contributed by atoms with E-state index in [0.29, 0.717) is 6.42 Å². The molecule has 0 aromatic carbocycles. The summed E-state index contributed by atoms with van der Waals surface area (Å²) in [4.78, 5) is 3.05. The monoisotopic (exact) mass is 183 g/mol. The third-order valence-electron chi connectivity index (χ3n) is 2.20. The molecule has 1 rings (SSSR count). The molecule has 0 saturated carbocycles. The maximum absolute atomic E-state index is 9.50. The minimum absolute atomic E-state index is 0.00463. The quantitative estimate of drug-likeness (QED) is 0.658. The van der Waals surface area contributed by atoms with Gasteiger partial charge in [-0.05, 0) is 32.4 Å². The van der Waals surface area contributed by atoms with Crippen LogP contribution in [-0.4, -0.2) is 27.4 Å². The van der Waals surface area contributed by atoms with Crippen LogP contribution < -0.4 is 0 Å². The lowest BCUT2D eigenvalue weighted by molar-refractivity contribution is 0.111. The standard InChI is InChI=1S/C10H17NO2/c1-7(12)6-9(8(2)13)10-4-3-5-11-10/h3-5,7-9,11-13H,6H2,1-2H3. The van der Waals surface area contributed by atoms with Gasteiger partial charge < -0.3 is 15.2 Å². The summed E-state index contributed by atoms with van der Waals surface area (Å²) in [6, 6.07) is 3.83. The van der Waals surface area contributed by atoms with Crippen molar-refractivity contribution in [3.63, 3.8) is 0 Å². The molecule has 3 atom stereocenters. The van der Waals surface area contributed by atoms with E-state index in [1.807, 2.05) is 18.3 Å². The summed E-state index contributed by atoms with van der Waals surface area (Å²) in [6.07, 6.45) is 1.58. The van der Waals surface area contributed by atoms with Gasteiger partial charge in [-0.1, -0.05) is 0 Å². The minimum Gasteiger partial charge on any atom is -0.393 e. The predicted molar refractivity (Wildman–Crippen MR) is 51.5 cm³/mol. The Morgan fingerprint density at radius 1 is 1.38 bits per heavy atom. The van der Waals surface area contributed by atoms with E-state index >= 15 is 0 Å². The van der Waals surface area contributed by atoms with Crippen LogP contribution in [0.25, 0.3) is 0 Å². The van der Waals surface area contributed by atoms with Crippen LogP contribution in [0, 0.1) is 0 Å². The number of hydrogen-bond acceptors (Lipinski definition) is 2. The average molecular weight is 183 g/mol. The molecular weight excluding hydrogens is 166 g/mol. The van der Waals surface area contributed by atoms with Crippen molar-refractivity contribution in [3.8, 4) is 0 Å². The van der Waals surface area contributed by atoms with Gasteiger partial charge in [0, 0.05) is 17.8 Å². The van der Waals surface area contributed by atoms with Gasteiger partial charge in [-0.3, -0.25) is 0 Å². The SMILES string of the molecule is CC(O)CC(c1ccc[nH]1)C(C)O. The Kier molecular flexibility index (Phi) is 3.51. The molecular formula is C10H17NO2. The smallest absolute Gasteiger partial charge is 0.0595 e. The molecule has 1 aromatic heterocycles. The van der Waals surface area contributed by atoms with Gasteiger partial charge in [0.1, 0.15) is 0 Å². The zero-order valence-electron chi connectivity index (χ0n) is 8.07. The third kappa shape index (κ3) is 2.86. The van der Waals surface area contributed by atoms with E-state index < -0.39 is 6.10 Å². The molecule has 1 heterocycles. The van der Waals surface area contributed by atoms with Crippen molar-refractivity contribution in [3.05, 3.63) is 24.0 Å². The number of H-pyrrole nitrogens is 1. The first kappa shape index (κ1) is 10.3. The van der Waals surface area contributed by atoms with Crippen LogP contribution in [0.2, 0.25) is 0 Å². The Balaban J connectivity index is 2.69. The van der Waals surface area contributed by atoms with Crippen LogP contribution >= 0.6 is 0 Å². The van der Waals surface area contributed by atoms with E-state index in [9.17, 15) is 10.2 Å². The molecule has 0 amide bonds. The van der Waals surface area contributed by atoms with Crippen molar-refractivity contribution in [1.82, 2.24) is 4.98 Å².